The van der Waals surface area contributed by atoms with Gasteiger partial charge >= 0.3 is 0 Å². The van der Waals surface area contributed by atoms with Gasteiger partial charge in [-0.3, -0.25) is 4.98 Å². The van der Waals surface area contributed by atoms with Gasteiger partial charge in [-0.1, -0.05) is 6.07 Å². The molecule has 1 saturated heterocycles. The number of pyridine rings is 1. The van der Waals surface area contributed by atoms with Crippen LogP contribution in [0.15, 0.2) is 42.7 Å². The lowest BCUT2D eigenvalue weighted by Gasteiger charge is -2.34. The standard InChI is InChI=1S/C17H17FN4/c18-16-2-1-3-17(15(16)12-19)22-10-8-21(9-11-22)13-14-4-6-20-7-5-14/h1-7H,8-11,13H2/p+1. The van der Waals surface area contributed by atoms with E-state index in [2.05, 4.69) is 9.88 Å². The molecule has 2 aromatic rings. The summed E-state index contributed by atoms with van der Waals surface area (Å²) in [4.78, 5) is 7.64. The first-order valence-electron chi connectivity index (χ1n) is 7.44. The van der Waals surface area contributed by atoms with Crippen LogP contribution in [0, 0.1) is 17.1 Å². The number of hydrogen-bond acceptors (Lipinski definition) is 3. The van der Waals surface area contributed by atoms with Crippen molar-refractivity contribution in [3.05, 3.63) is 59.7 Å². The zero-order valence-electron chi connectivity index (χ0n) is 12.3. The minimum Gasteiger partial charge on any atom is -0.359 e. The van der Waals surface area contributed by atoms with Crippen LogP contribution in [0.1, 0.15) is 11.1 Å². The van der Waals surface area contributed by atoms with Crippen LogP contribution >= 0.6 is 0 Å². The van der Waals surface area contributed by atoms with Gasteiger partial charge < -0.3 is 9.80 Å². The molecule has 1 N–H and O–H groups in total. The molecule has 0 aliphatic carbocycles. The second-order valence-corrected chi connectivity index (χ2v) is 5.52. The van der Waals surface area contributed by atoms with Crippen molar-refractivity contribution >= 4 is 5.69 Å². The molecule has 1 aromatic heterocycles. The second kappa shape index (κ2) is 6.54. The molecule has 0 radical (unpaired) electrons. The predicted octanol–water partition coefficient (Wildman–Crippen LogP) is 0.997. The van der Waals surface area contributed by atoms with Gasteiger partial charge in [0.25, 0.3) is 0 Å². The van der Waals surface area contributed by atoms with Gasteiger partial charge in [0.1, 0.15) is 24.0 Å². The summed E-state index contributed by atoms with van der Waals surface area (Å²) in [6.45, 7) is 4.59. The van der Waals surface area contributed by atoms with Crippen molar-refractivity contribution in [3.8, 4) is 6.07 Å². The summed E-state index contributed by atoms with van der Waals surface area (Å²) in [6, 6.07) is 10.9. The van der Waals surface area contributed by atoms with E-state index in [1.807, 2.05) is 36.7 Å². The summed E-state index contributed by atoms with van der Waals surface area (Å²) in [5.41, 5.74) is 2.15. The Bertz CT molecular complexity index is 673. The summed E-state index contributed by atoms with van der Waals surface area (Å²) in [5.74, 6) is -0.438. The van der Waals surface area contributed by atoms with Crippen molar-refractivity contribution in [1.82, 2.24) is 4.98 Å². The molecule has 1 aromatic carbocycles. The highest BCUT2D eigenvalue weighted by Crippen LogP contribution is 2.22. The number of aromatic nitrogens is 1. The van der Waals surface area contributed by atoms with Gasteiger partial charge in [-0.25, -0.2) is 4.39 Å². The van der Waals surface area contributed by atoms with Crippen molar-refractivity contribution in [2.24, 2.45) is 0 Å². The van der Waals surface area contributed by atoms with E-state index in [-0.39, 0.29) is 5.56 Å². The lowest BCUT2D eigenvalue weighted by molar-refractivity contribution is -0.914. The fourth-order valence-electron chi connectivity index (χ4n) is 2.92. The van der Waals surface area contributed by atoms with Gasteiger partial charge in [-0.2, -0.15) is 5.26 Å². The number of benzene rings is 1. The molecule has 0 atom stereocenters. The van der Waals surface area contributed by atoms with E-state index in [9.17, 15) is 4.39 Å². The van der Waals surface area contributed by atoms with Gasteiger partial charge in [0.15, 0.2) is 0 Å². The third kappa shape index (κ3) is 3.07. The van der Waals surface area contributed by atoms with Crippen LogP contribution in [-0.4, -0.2) is 31.2 Å². The SMILES string of the molecule is N#Cc1c(F)cccc1N1CC[NH+](Cc2ccncc2)CC1. The van der Waals surface area contributed by atoms with E-state index in [0.717, 1.165) is 32.7 Å². The van der Waals surface area contributed by atoms with Gasteiger partial charge in [0.2, 0.25) is 0 Å². The molecule has 1 aliphatic heterocycles. The van der Waals surface area contributed by atoms with Crippen molar-refractivity contribution in [3.63, 3.8) is 0 Å². The number of nitriles is 1. The van der Waals surface area contributed by atoms with Gasteiger partial charge in [0, 0.05) is 18.0 Å². The Morgan fingerprint density at radius 3 is 2.59 bits per heavy atom. The maximum atomic E-state index is 13.7. The van der Waals surface area contributed by atoms with Crippen LogP contribution < -0.4 is 9.80 Å². The van der Waals surface area contributed by atoms with Gasteiger partial charge in [-0.15, -0.1) is 0 Å². The lowest BCUT2D eigenvalue weighted by atomic mass is 10.1. The summed E-state index contributed by atoms with van der Waals surface area (Å²) in [5, 5.41) is 9.15. The molecule has 2 heterocycles. The fraction of sp³-hybridized carbons (Fsp3) is 0.294. The molecule has 1 fully saturated rings. The molecule has 1 aliphatic rings. The predicted molar refractivity (Wildman–Crippen MR) is 82.0 cm³/mol. The molecular weight excluding hydrogens is 279 g/mol. The lowest BCUT2D eigenvalue weighted by Crippen LogP contribution is -3.13. The van der Waals surface area contributed by atoms with E-state index >= 15 is 0 Å². The zero-order valence-corrected chi connectivity index (χ0v) is 12.3. The first kappa shape index (κ1) is 14.5. The third-order valence-corrected chi connectivity index (χ3v) is 4.12. The Morgan fingerprint density at radius 1 is 1.18 bits per heavy atom. The molecule has 0 amide bonds. The van der Waals surface area contributed by atoms with Crippen LogP contribution in [0.2, 0.25) is 0 Å². The molecule has 0 unspecified atom stereocenters. The first-order chi connectivity index (χ1) is 10.8. The Kier molecular flexibility index (Phi) is 4.31. The Hall–Kier alpha value is -2.45. The van der Waals surface area contributed by atoms with Crippen LogP contribution in [0.5, 0.6) is 0 Å². The van der Waals surface area contributed by atoms with E-state index in [1.165, 1.54) is 16.5 Å². The number of quaternary nitrogens is 1. The summed E-state index contributed by atoms with van der Waals surface area (Å²) < 4.78 is 13.7. The first-order valence-corrected chi connectivity index (χ1v) is 7.44. The molecule has 0 spiro atoms. The van der Waals surface area contributed by atoms with Gasteiger partial charge in [0.05, 0.1) is 31.9 Å². The fourth-order valence-corrected chi connectivity index (χ4v) is 2.92. The monoisotopic (exact) mass is 297 g/mol. The van der Waals surface area contributed by atoms with Crippen molar-refractivity contribution in [2.45, 2.75) is 6.54 Å². The average Bonchev–Trinajstić information content (AvgIpc) is 2.56. The highest BCUT2D eigenvalue weighted by atomic mass is 19.1. The minimum atomic E-state index is -0.438. The van der Waals surface area contributed by atoms with E-state index < -0.39 is 5.82 Å². The summed E-state index contributed by atoms with van der Waals surface area (Å²) >= 11 is 0. The number of piperazine rings is 1. The molecule has 5 heteroatoms. The molecule has 3 rings (SSSR count). The Balaban J connectivity index is 1.65. The van der Waals surface area contributed by atoms with E-state index in [4.69, 9.17) is 5.26 Å². The number of nitrogens with one attached hydrogen (secondary N) is 1. The average molecular weight is 297 g/mol. The Labute approximate surface area is 129 Å². The Morgan fingerprint density at radius 2 is 1.91 bits per heavy atom. The van der Waals surface area contributed by atoms with Crippen molar-refractivity contribution in [1.29, 1.82) is 5.26 Å². The summed E-state index contributed by atoms with van der Waals surface area (Å²) in [7, 11) is 0. The third-order valence-electron chi connectivity index (χ3n) is 4.12. The molecule has 0 saturated carbocycles. The quantitative estimate of drug-likeness (QED) is 0.919. The van der Waals surface area contributed by atoms with E-state index in [1.54, 1.807) is 6.07 Å². The molecule has 22 heavy (non-hydrogen) atoms. The van der Waals surface area contributed by atoms with Crippen LogP contribution in [0.3, 0.4) is 0 Å². The zero-order chi connectivity index (χ0) is 15.4. The summed E-state index contributed by atoms with van der Waals surface area (Å²) in [6.07, 6.45) is 3.63. The number of rotatable bonds is 3. The van der Waals surface area contributed by atoms with Crippen LogP contribution in [0.4, 0.5) is 10.1 Å². The molecule has 112 valence electrons. The number of halogens is 1. The highest BCUT2D eigenvalue weighted by molar-refractivity contribution is 5.59. The molecule has 0 bridgehead atoms. The minimum absolute atomic E-state index is 0.153. The number of nitrogens with zero attached hydrogens (tertiary/aromatic N) is 3. The largest absolute Gasteiger partial charge is 0.359 e. The van der Waals surface area contributed by atoms with Crippen LogP contribution in [-0.2, 0) is 6.54 Å². The van der Waals surface area contributed by atoms with Crippen molar-refractivity contribution < 1.29 is 9.29 Å². The topological polar surface area (TPSA) is 44.4 Å². The molecular formula is C17H18FN4+. The highest BCUT2D eigenvalue weighted by Gasteiger charge is 2.23. The normalized spacial score (nSPS) is 15.5. The maximum Gasteiger partial charge on any atom is 0.143 e. The number of anilines is 1. The van der Waals surface area contributed by atoms with Gasteiger partial charge in [-0.05, 0) is 24.3 Å². The second-order valence-electron chi connectivity index (χ2n) is 5.52. The molecule has 4 nitrogen and oxygen atoms in total. The smallest absolute Gasteiger partial charge is 0.143 e. The van der Waals surface area contributed by atoms with Crippen LogP contribution in [0.25, 0.3) is 0 Å². The van der Waals surface area contributed by atoms with Crippen molar-refractivity contribution in [2.75, 3.05) is 31.1 Å². The number of hydrogen-bond donors (Lipinski definition) is 1. The maximum absolute atomic E-state index is 13.7. The van der Waals surface area contributed by atoms with E-state index in [0.29, 0.717) is 5.69 Å².